The predicted molar refractivity (Wildman–Crippen MR) is 107 cm³/mol. The SMILES string of the molecule is CCCCOC(=O)N1C(=O)CC[C@H]1Cc1ccc(-c2cc(Cl)ccc2F)cc1. The van der Waals surface area contributed by atoms with Crippen molar-refractivity contribution in [2.24, 2.45) is 0 Å². The van der Waals surface area contributed by atoms with Crippen molar-refractivity contribution in [2.45, 2.75) is 45.1 Å². The quantitative estimate of drug-likeness (QED) is 0.588. The molecule has 4 nitrogen and oxygen atoms in total. The first-order valence-electron chi connectivity index (χ1n) is 9.52. The van der Waals surface area contributed by atoms with Crippen molar-refractivity contribution in [2.75, 3.05) is 6.61 Å². The van der Waals surface area contributed by atoms with Crippen molar-refractivity contribution in [3.05, 3.63) is 58.9 Å². The lowest BCUT2D eigenvalue weighted by Gasteiger charge is -2.22. The van der Waals surface area contributed by atoms with Gasteiger partial charge in [-0.2, -0.15) is 0 Å². The van der Waals surface area contributed by atoms with E-state index in [1.807, 2.05) is 31.2 Å². The second-order valence-electron chi connectivity index (χ2n) is 6.95. The van der Waals surface area contributed by atoms with Crippen molar-refractivity contribution < 1.29 is 18.7 Å². The molecule has 2 aromatic rings. The molecule has 1 fully saturated rings. The lowest BCUT2D eigenvalue weighted by molar-refractivity contribution is -0.127. The zero-order valence-electron chi connectivity index (χ0n) is 15.8. The molecule has 3 rings (SSSR count). The van der Waals surface area contributed by atoms with Gasteiger partial charge in [-0.1, -0.05) is 49.2 Å². The Labute approximate surface area is 169 Å². The summed E-state index contributed by atoms with van der Waals surface area (Å²) in [6.45, 7) is 2.34. The van der Waals surface area contributed by atoms with Gasteiger partial charge in [0.25, 0.3) is 0 Å². The summed E-state index contributed by atoms with van der Waals surface area (Å²) in [4.78, 5) is 25.6. The smallest absolute Gasteiger partial charge is 0.416 e. The molecule has 2 aromatic carbocycles. The summed E-state index contributed by atoms with van der Waals surface area (Å²) in [6.07, 6.45) is 2.65. The van der Waals surface area contributed by atoms with E-state index in [2.05, 4.69) is 0 Å². The first kappa shape index (κ1) is 20.3. The van der Waals surface area contributed by atoms with Crippen LogP contribution in [0.1, 0.15) is 38.2 Å². The van der Waals surface area contributed by atoms with Crippen molar-refractivity contribution in [3.8, 4) is 11.1 Å². The lowest BCUT2D eigenvalue weighted by atomic mass is 9.99. The molecule has 0 N–H and O–H groups in total. The molecule has 28 heavy (non-hydrogen) atoms. The number of carbonyl (C=O) groups excluding carboxylic acids is 2. The molecule has 6 heteroatoms. The number of hydrogen-bond acceptors (Lipinski definition) is 3. The number of benzene rings is 2. The molecule has 0 bridgehead atoms. The summed E-state index contributed by atoms with van der Waals surface area (Å²) in [6, 6.07) is 11.7. The highest BCUT2D eigenvalue weighted by Gasteiger charge is 2.36. The number of carbonyl (C=O) groups is 2. The number of ether oxygens (including phenoxy) is 1. The molecule has 148 valence electrons. The molecule has 1 aliphatic rings. The molecule has 2 amide bonds. The van der Waals surface area contributed by atoms with Crippen LogP contribution in [0.15, 0.2) is 42.5 Å². The topological polar surface area (TPSA) is 46.6 Å². The summed E-state index contributed by atoms with van der Waals surface area (Å²) in [7, 11) is 0. The van der Waals surface area contributed by atoms with Crippen molar-refractivity contribution in [1.82, 2.24) is 4.90 Å². The second kappa shape index (κ2) is 9.20. The zero-order chi connectivity index (χ0) is 20.1. The number of nitrogens with zero attached hydrogens (tertiary/aromatic N) is 1. The third kappa shape index (κ3) is 4.71. The minimum Gasteiger partial charge on any atom is -0.449 e. The third-order valence-electron chi connectivity index (χ3n) is 4.91. The first-order valence-corrected chi connectivity index (χ1v) is 9.90. The maximum atomic E-state index is 14.0. The Bertz CT molecular complexity index is 853. The number of amides is 2. The van der Waals surface area contributed by atoms with Crippen LogP contribution in [-0.2, 0) is 16.0 Å². The molecular formula is C22H23ClFNO3. The fourth-order valence-electron chi connectivity index (χ4n) is 3.37. The van der Waals surface area contributed by atoms with Gasteiger partial charge in [0.1, 0.15) is 5.82 Å². The van der Waals surface area contributed by atoms with Crippen LogP contribution < -0.4 is 0 Å². The summed E-state index contributed by atoms with van der Waals surface area (Å²) in [5.41, 5.74) is 2.13. The van der Waals surface area contributed by atoms with E-state index >= 15 is 0 Å². The van der Waals surface area contributed by atoms with Crippen LogP contribution >= 0.6 is 11.6 Å². The summed E-state index contributed by atoms with van der Waals surface area (Å²) >= 11 is 5.97. The van der Waals surface area contributed by atoms with E-state index < -0.39 is 6.09 Å². The molecule has 0 saturated carbocycles. The van der Waals surface area contributed by atoms with E-state index in [1.165, 1.54) is 17.0 Å². The molecule has 1 aliphatic heterocycles. The van der Waals surface area contributed by atoms with Crippen LogP contribution in [-0.4, -0.2) is 29.5 Å². The molecule has 0 spiro atoms. The Morgan fingerprint density at radius 2 is 2.00 bits per heavy atom. The lowest BCUT2D eigenvalue weighted by Crippen LogP contribution is -2.40. The van der Waals surface area contributed by atoms with Crippen LogP contribution in [0.25, 0.3) is 11.1 Å². The average molecular weight is 404 g/mol. The molecule has 1 saturated heterocycles. The van der Waals surface area contributed by atoms with E-state index in [-0.39, 0.29) is 17.8 Å². The standard InChI is InChI=1S/C22H23ClFNO3/c1-2-3-12-28-22(27)25-18(9-11-21(25)26)13-15-4-6-16(7-5-15)19-14-17(23)8-10-20(19)24/h4-8,10,14,18H,2-3,9,11-13H2,1H3/t18-/m0/s1. The van der Waals surface area contributed by atoms with Crippen LogP contribution in [0.3, 0.4) is 0 Å². The third-order valence-corrected chi connectivity index (χ3v) is 5.15. The Hall–Kier alpha value is -2.40. The number of unbranched alkanes of at least 4 members (excludes halogenated alkanes) is 1. The van der Waals surface area contributed by atoms with E-state index in [0.29, 0.717) is 36.5 Å². The zero-order valence-corrected chi connectivity index (χ0v) is 16.5. The number of rotatable bonds is 6. The van der Waals surface area contributed by atoms with Crippen molar-refractivity contribution in [1.29, 1.82) is 0 Å². The predicted octanol–water partition coefficient (Wildman–Crippen LogP) is 5.62. The minimum absolute atomic E-state index is 0.191. The molecule has 0 aliphatic carbocycles. The first-order chi connectivity index (χ1) is 13.5. The molecule has 1 atom stereocenters. The Balaban J connectivity index is 1.69. The average Bonchev–Trinajstić information content (AvgIpc) is 3.05. The maximum absolute atomic E-state index is 14.0. The Morgan fingerprint density at radius 1 is 1.25 bits per heavy atom. The van der Waals surface area contributed by atoms with Gasteiger partial charge in [0, 0.05) is 23.0 Å². The van der Waals surface area contributed by atoms with Gasteiger partial charge in [-0.25, -0.2) is 14.1 Å². The van der Waals surface area contributed by atoms with E-state index in [1.54, 1.807) is 6.07 Å². The normalized spacial score (nSPS) is 16.5. The number of likely N-dealkylation sites (tertiary alicyclic amines) is 1. The highest BCUT2D eigenvalue weighted by molar-refractivity contribution is 6.30. The number of hydrogen-bond donors (Lipinski definition) is 0. The van der Waals surface area contributed by atoms with Gasteiger partial charge in [-0.15, -0.1) is 0 Å². The highest BCUT2D eigenvalue weighted by Crippen LogP contribution is 2.28. The van der Waals surface area contributed by atoms with E-state index in [9.17, 15) is 14.0 Å². The van der Waals surface area contributed by atoms with Crippen LogP contribution in [0.2, 0.25) is 5.02 Å². The van der Waals surface area contributed by atoms with Crippen LogP contribution in [0.4, 0.5) is 9.18 Å². The van der Waals surface area contributed by atoms with Crippen LogP contribution in [0, 0.1) is 5.82 Å². The van der Waals surface area contributed by atoms with Gasteiger partial charge in [0.15, 0.2) is 0 Å². The molecule has 1 heterocycles. The second-order valence-corrected chi connectivity index (χ2v) is 7.39. The summed E-state index contributed by atoms with van der Waals surface area (Å²) in [5, 5.41) is 0.474. The van der Waals surface area contributed by atoms with Gasteiger partial charge >= 0.3 is 6.09 Å². The summed E-state index contributed by atoms with van der Waals surface area (Å²) in [5.74, 6) is -0.524. The fourth-order valence-corrected chi connectivity index (χ4v) is 3.54. The van der Waals surface area contributed by atoms with Gasteiger partial charge in [-0.05, 0) is 48.6 Å². The van der Waals surface area contributed by atoms with Gasteiger partial charge < -0.3 is 4.74 Å². The largest absolute Gasteiger partial charge is 0.449 e. The minimum atomic E-state index is -0.557. The number of imide groups is 1. The fraction of sp³-hybridized carbons (Fsp3) is 0.364. The molecule has 0 radical (unpaired) electrons. The van der Waals surface area contributed by atoms with E-state index in [4.69, 9.17) is 16.3 Å². The summed E-state index contributed by atoms with van der Waals surface area (Å²) < 4.78 is 19.3. The van der Waals surface area contributed by atoms with Crippen molar-refractivity contribution >= 4 is 23.6 Å². The van der Waals surface area contributed by atoms with Gasteiger partial charge in [-0.3, -0.25) is 4.79 Å². The van der Waals surface area contributed by atoms with E-state index in [0.717, 1.165) is 24.0 Å². The maximum Gasteiger partial charge on any atom is 0.416 e. The highest BCUT2D eigenvalue weighted by atomic mass is 35.5. The van der Waals surface area contributed by atoms with Gasteiger partial charge in [0.2, 0.25) is 5.91 Å². The molecular weight excluding hydrogens is 381 g/mol. The van der Waals surface area contributed by atoms with Gasteiger partial charge in [0.05, 0.1) is 6.61 Å². The molecule has 0 unspecified atom stereocenters. The number of halogens is 2. The van der Waals surface area contributed by atoms with Crippen molar-refractivity contribution in [3.63, 3.8) is 0 Å². The molecule has 0 aromatic heterocycles. The Morgan fingerprint density at radius 3 is 2.71 bits per heavy atom. The Kier molecular flexibility index (Phi) is 6.68. The van der Waals surface area contributed by atoms with Crippen LogP contribution in [0.5, 0.6) is 0 Å². The monoisotopic (exact) mass is 403 g/mol.